The molecule has 0 aliphatic carbocycles. The van der Waals surface area contributed by atoms with Crippen LogP contribution in [0.2, 0.25) is 0 Å². The van der Waals surface area contributed by atoms with E-state index in [9.17, 15) is 4.79 Å². The molecule has 0 spiro atoms. The van der Waals surface area contributed by atoms with Crippen molar-refractivity contribution in [2.24, 2.45) is 0 Å². The van der Waals surface area contributed by atoms with E-state index in [-0.39, 0.29) is 12.3 Å². The highest BCUT2D eigenvalue weighted by molar-refractivity contribution is 5.78. The van der Waals surface area contributed by atoms with Gasteiger partial charge in [-0.15, -0.1) is 0 Å². The van der Waals surface area contributed by atoms with Crippen LogP contribution in [0.25, 0.3) is 0 Å². The number of carbonyl (C=O) groups is 1. The quantitative estimate of drug-likeness (QED) is 0.498. The maximum absolute atomic E-state index is 10.7. The predicted molar refractivity (Wildman–Crippen MR) is 31.4 cm³/mol. The minimum absolute atomic E-state index is 0.0243. The van der Waals surface area contributed by atoms with E-state index in [4.69, 9.17) is 5.26 Å². The van der Waals surface area contributed by atoms with Gasteiger partial charge in [0.25, 0.3) is 0 Å². The molecule has 0 N–H and O–H groups in total. The SMILES string of the molecule is N#CCC(=O)N1CCC1. The zero-order chi connectivity index (χ0) is 6.69. The molecule has 3 heteroatoms. The van der Waals surface area contributed by atoms with E-state index in [1.807, 2.05) is 6.07 Å². The molecule has 0 atom stereocenters. The van der Waals surface area contributed by atoms with Gasteiger partial charge in [-0.25, -0.2) is 0 Å². The molecule has 0 aromatic rings. The summed E-state index contributed by atoms with van der Waals surface area (Å²) >= 11 is 0. The van der Waals surface area contributed by atoms with Crippen molar-refractivity contribution >= 4 is 5.91 Å². The first-order chi connectivity index (χ1) is 4.34. The molecule has 1 saturated heterocycles. The molecule has 0 aromatic carbocycles. The van der Waals surface area contributed by atoms with Crippen LogP contribution in [0.4, 0.5) is 0 Å². The molecule has 1 rings (SSSR count). The average molecular weight is 124 g/mol. The number of nitriles is 1. The van der Waals surface area contributed by atoms with E-state index in [0.717, 1.165) is 19.5 Å². The van der Waals surface area contributed by atoms with Crippen molar-refractivity contribution < 1.29 is 4.79 Å². The summed E-state index contributed by atoms with van der Waals surface area (Å²) in [5.74, 6) is -0.0243. The Kier molecular flexibility index (Phi) is 1.69. The van der Waals surface area contributed by atoms with Crippen LogP contribution in [0.5, 0.6) is 0 Å². The van der Waals surface area contributed by atoms with Gasteiger partial charge in [-0.1, -0.05) is 0 Å². The van der Waals surface area contributed by atoms with E-state index >= 15 is 0 Å². The van der Waals surface area contributed by atoms with Gasteiger partial charge in [-0.2, -0.15) is 5.26 Å². The first-order valence-corrected chi connectivity index (χ1v) is 2.99. The fraction of sp³-hybridized carbons (Fsp3) is 0.667. The second kappa shape index (κ2) is 2.49. The van der Waals surface area contributed by atoms with Crippen molar-refractivity contribution in [1.29, 1.82) is 5.26 Å². The highest BCUT2D eigenvalue weighted by Crippen LogP contribution is 2.06. The molecule has 48 valence electrons. The van der Waals surface area contributed by atoms with Crippen LogP contribution in [0.15, 0.2) is 0 Å². The van der Waals surface area contributed by atoms with Crippen molar-refractivity contribution in [1.82, 2.24) is 4.90 Å². The van der Waals surface area contributed by atoms with E-state index in [1.165, 1.54) is 0 Å². The zero-order valence-electron chi connectivity index (χ0n) is 5.13. The van der Waals surface area contributed by atoms with Gasteiger partial charge in [0.15, 0.2) is 0 Å². The van der Waals surface area contributed by atoms with Crippen LogP contribution in [0, 0.1) is 11.3 Å². The second-order valence-corrected chi connectivity index (χ2v) is 2.07. The van der Waals surface area contributed by atoms with Crippen molar-refractivity contribution in [2.45, 2.75) is 12.8 Å². The maximum Gasteiger partial charge on any atom is 0.236 e. The van der Waals surface area contributed by atoms with Crippen molar-refractivity contribution in [3.05, 3.63) is 0 Å². The van der Waals surface area contributed by atoms with Gasteiger partial charge in [-0.3, -0.25) is 4.79 Å². The normalized spacial score (nSPS) is 16.1. The minimum atomic E-state index is -0.0243. The average Bonchev–Trinajstić information content (AvgIpc) is 1.60. The number of nitrogens with zero attached hydrogens (tertiary/aromatic N) is 2. The lowest BCUT2D eigenvalue weighted by Crippen LogP contribution is -2.41. The van der Waals surface area contributed by atoms with Crippen LogP contribution < -0.4 is 0 Å². The molecule has 0 radical (unpaired) electrons. The summed E-state index contributed by atoms with van der Waals surface area (Å²) < 4.78 is 0. The Morgan fingerprint density at radius 3 is 2.67 bits per heavy atom. The third-order valence-corrected chi connectivity index (χ3v) is 1.44. The van der Waals surface area contributed by atoms with Crippen LogP contribution in [-0.4, -0.2) is 23.9 Å². The van der Waals surface area contributed by atoms with Crippen LogP contribution in [0.3, 0.4) is 0 Å². The highest BCUT2D eigenvalue weighted by atomic mass is 16.2. The number of hydrogen-bond acceptors (Lipinski definition) is 2. The van der Waals surface area contributed by atoms with Crippen LogP contribution in [-0.2, 0) is 4.79 Å². The molecular formula is C6H8N2O. The largest absolute Gasteiger partial charge is 0.342 e. The smallest absolute Gasteiger partial charge is 0.236 e. The minimum Gasteiger partial charge on any atom is -0.342 e. The van der Waals surface area contributed by atoms with E-state index in [1.54, 1.807) is 4.90 Å². The molecule has 1 amide bonds. The number of rotatable bonds is 1. The second-order valence-electron chi connectivity index (χ2n) is 2.07. The molecule has 0 aromatic heterocycles. The lowest BCUT2D eigenvalue weighted by molar-refractivity contribution is -0.133. The van der Waals surface area contributed by atoms with Gasteiger partial charge < -0.3 is 4.90 Å². The van der Waals surface area contributed by atoms with E-state index < -0.39 is 0 Å². The molecule has 0 unspecified atom stereocenters. The van der Waals surface area contributed by atoms with Gasteiger partial charge in [0.2, 0.25) is 5.91 Å². The molecule has 1 aliphatic heterocycles. The fourth-order valence-corrected chi connectivity index (χ4v) is 0.745. The standard InChI is InChI=1S/C6H8N2O/c7-3-2-6(9)8-4-1-5-8/h1-2,4-5H2. The Bertz CT molecular complexity index is 155. The Morgan fingerprint density at radius 2 is 2.33 bits per heavy atom. The third kappa shape index (κ3) is 1.20. The van der Waals surface area contributed by atoms with Gasteiger partial charge in [0.1, 0.15) is 6.42 Å². The molecule has 0 saturated carbocycles. The molecule has 1 fully saturated rings. The summed E-state index contributed by atoms with van der Waals surface area (Å²) in [6, 6.07) is 1.83. The number of likely N-dealkylation sites (tertiary alicyclic amines) is 1. The zero-order valence-corrected chi connectivity index (χ0v) is 5.13. The summed E-state index contributed by atoms with van der Waals surface area (Å²) in [6.07, 6.45) is 1.14. The monoisotopic (exact) mass is 124 g/mol. The molecule has 1 heterocycles. The fourth-order valence-electron chi connectivity index (χ4n) is 0.745. The lowest BCUT2D eigenvalue weighted by atomic mass is 10.2. The lowest BCUT2D eigenvalue weighted by Gasteiger charge is -2.29. The predicted octanol–water partition coefficient (Wildman–Crippen LogP) is 0.132. The Morgan fingerprint density at radius 1 is 1.67 bits per heavy atom. The maximum atomic E-state index is 10.7. The first-order valence-electron chi connectivity index (χ1n) is 2.99. The van der Waals surface area contributed by atoms with Gasteiger partial charge >= 0.3 is 0 Å². The Hall–Kier alpha value is -1.04. The molecular weight excluding hydrogens is 116 g/mol. The van der Waals surface area contributed by atoms with Crippen molar-refractivity contribution in [3.63, 3.8) is 0 Å². The summed E-state index contributed by atoms with van der Waals surface area (Å²) in [7, 11) is 0. The van der Waals surface area contributed by atoms with E-state index in [2.05, 4.69) is 0 Å². The molecule has 9 heavy (non-hydrogen) atoms. The topological polar surface area (TPSA) is 44.1 Å². The van der Waals surface area contributed by atoms with Crippen LogP contribution in [0.1, 0.15) is 12.8 Å². The molecule has 3 nitrogen and oxygen atoms in total. The number of hydrogen-bond donors (Lipinski definition) is 0. The van der Waals surface area contributed by atoms with Crippen LogP contribution >= 0.6 is 0 Å². The Labute approximate surface area is 53.9 Å². The van der Waals surface area contributed by atoms with Gasteiger partial charge in [0, 0.05) is 13.1 Å². The number of carbonyl (C=O) groups excluding carboxylic acids is 1. The molecule has 1 aliphatic rings. The summed E-state index contributed by atoms with van der Waals surface area (Å²) in [6.45, 7) is 1.70. The first kappa shape index (κ1) is 6.09. The van der Waals surface area contributed by atoms with Crippen molar-refractivity contribution in [3.8, 4) is 6.07 Å². The Balaban J connectivity index is 2.26. The molecule has 0 bridgehead atoms. The third-order valence-electron chi connectivity index (χ3n) is 1.44. The van der Waals surface area contributed by atoms with Gasteiger partial charge in [-0.05, 0) is 6.42 Å². The van der Waals surface area contributed by atoms with Crippen molar-refractivity contribution in [2.75, 3.05) is 13.1 Å². The van der Waals surface area contributed by atoms with Gasteiger partial charge in [0.05, 0.1) is 6.07 Å². The van der Waals surface area contributed by atoms with E-state index in [0.29, 0.717) is 0 Å². The number of amides is 1. The summed E-state index contributed by atoms with van der Waals surface area (Å²) in [5.41, 5.74) is 0. The highest BCUT2D eigenvalue weighted by Gasteiger charge is 2.18. The summed E-state index contributed by atoms with van der Waals surface area (Å²) in [4.78, 5) is 12.4. The summed E-state index contributed by atoms with van der Waals surface area (Å²) in [5, 5.41) is 8.11.